The smallest absolute Gasteiger partial charge is 0.239 e. The monoisotopic (exact) mass is 242 g/mol. The number of hydrogen-bond acceptors (Lipinski definition) is 4. The van der Waals surface area contributed by atoms with Crippen LogP contribution < -0.4 is 5.32 Å². The van der Waals surface area contributed by atoms with E-state index in [4.69, 9.17) is 9.84 Å². The van der Waals surface area contributed by atoms with Gasteiger partial charge >= 0.3 is 0 Å². The van der Waals surface area contributed by atoms with Crippen molar-refractivity contribution in [3.63, 3.8) is 0 Å². The lowest BCUT2D eigenvalue weighted by molar-refractivity contribution is -0.129. The second kappa shape index (κ2) is 6.33. The molecule has 1 atom stereocenters. The van der Waals surface area contributed by atoms with E-state index < -0.39 is 0 Å². The van der Waals surface area contributed by atoms with Crippen molar-refractivity contribution in [1.82, 2.24) is 10.2 Å². The average Bonchev–Trinajstić information content (AvgIpc) is 3.08. The number of carbonyl (C=O) groups excluding carboxylic acids is 1. The fourth-order valence-corrected chi connectivity index (χ4v) is 2.17. The molecule has 5 nitrogen and oxygen atoms in total. The Morgan fingerprint density at radius 2 is 2.18 bits per heavy atom. The minimum Gasteiger partial charge on any atom is -0.394 e. The van der Waals surface area contributed by atoms with Gasteiger partial charge in [0.1, 0.15) is 0 Å². The SMILES string of the molecule is O=C1C(NC2CC2)CCN1CCCOCCO. The maximum atomic E-state index is 12.0. The molecule has 0 bridgehead atoms. The van der Waals surface area contributed by atoms with Crippen molar-refractivity contribution in [2.75, 3.05) is 32.9 Å². The molecule has 1 amide bonds. The molecule has 0 aromatic rings. The largest absolute Gasteiger partial charge is 0.394 e. The van der Waals surface area contributed by atoms with E-state index >= 15 is 0 Å². The van der Waals surface area contributed by atoms with Gasteiger partial charge in [0, 0.05) is 25.7 Å². The van der Waals surface area contributed by atoms with E-state index in [9.17, 15) is 4.79 Å². The fraction of sp³-hybridized carbons (Fsp3) is 0.917. The predicted molar refractivity (Wildman–Crippen MR) is 63.7 cm³/mol. The molecule has 2 aliphatic rings. The van der Waals surface area contributed by atoms with Crippen molar-refractivity contribution in [1.29, 1.82) is 0 Å². The molecule has 0 radical (unpaired) electrons. The zero-order valence-corrected chi connectivity index (χ0v) is 10.2. The van der Waals surface area contributed by atoms with Gasteiger partial charge in [-0.1, -0.05) is 0 Å². The van der Waals surface area contributed by atoms with Crippen LogP contribution in [-0.2, 0) is 9.53 Å². The highest BCUT2D eigenvalue weighted by Gasteiger charge is 2.35. The van der Waals surface area contributed by atoms with Gasteiger partial charge in [0.15, 0.2) is 0 Å². The number of amides is 1. The van der Waals surface area contributed by atoms with Crippen molar-refractivity contribution in [2.45, 2.75) is 37.8 Å². The van der Waals surface area contributed by atoms with Crippen LogP contribution in [0.5, 0.6) is 0 Å². The van der Waals surface area contributed by atoms with Gasteiger partial charge in [0.2, 0.25) is 5.91 Å². The number of aliphatic hydroxyl groups is 1. The molecule has 0 aromatic carbocycles. The molecule has 17 heavy (non-hydrogen) atoms. The Labute approximate surface area is 102 Å². The maximum Gasteiger partial charge on any atom is 0.239 e. The van der Waals surface area contributed by atoms with Gasteiger partial charge < -0.3 is 20.1 Å². The van der Waals surface area contributed by atoms with Crippen molar-refractivity contribution >= 4 is 5.91 Å². The van der Waals surface area contributed by atoms with E-state index in [-0.39, 0.29) is 18.6 Å². The summed E-state index contributed by atoms with van der Waals surface area (Å²) in [6, 6.07) is 0.651. The van der Waals surface area contributed by atoms with Gasteiger partial charge in [0.05, 0.1) is 19.3 Å². The summed E-state index contributed by atoms with van der Waals surface area (Å²) in [5.41, 5.74) is 0. The molecule has 0 aromatic heterocycles. The second-order valence-electron chi connectivity index (χ2n) is 4.80. The first-order valence-electron chi connectivity index (χ1n) is 6.54. The standard InChI is InChI=1S/C12H22N2O3/c15-7-9-17-8-1-5-14-6-4-11(12(14)16)13-10-2-3-10/h10-11,13,15H,1-9H2. The van der Waals surface area contributed by atoms with E-state index in [0.717, 1.165) is 25.9 Å². The highest BCUT2D eigenvalue weighted by molar-refractivity contribution is 5.84. The third kappa shape index (κ3) is 3.94. The molecule has 1 saturated carbocycles. The molecule has 1 saturated heterocycles. The molecule has 0 spiro atoms. The molecule has 2 N–H and O–H groups in total. The summed E-state index contributed by atoms with van der Waals surface area (Å²) in [7, 11) is 0. The van der Waals surface area contributed by atoms with E-state index in [1.807, 2.05) is 4.90 Å². The van der Waals surface area contributed by atoms with Crippen LogP contribution in [0.1, 0.15) is 25.7 Å². The Bertz CT molecular complexity index is 256. The molecule has 2 fully saturated rings. The van der Waals surface area contributed by atoms with E-state index in [0.29, 0.717) is 19.3 Å². The quantitative estimate of drug-likeness (QED) is 0.576. The summed E-state index contributed by atoms with van der Waals surface area (Å²) in [5.74, 6) is 0.249. The zero-order valence-electron chi connectivity index (χ0n) is 10.2. The first-order chi connectivity index (χ1) is 8.31. The average molecular weight is 242 g/mol. The molecule has 1 unspecified atom stereocenters. The molecular formula is C12H22N2O3. The van der Waals surface area contributed by atoms with E-state index in [2.05, 4.69) is 5.32 Å². The van der Waals surface area contributed by atoms with Crippen LogP contribution in [0.3, 0.4) is 0 Å². The van der Waals surface area contributed by atoms with Crippen LogP contribution in [0.2, 0.25) is 0 Å². The van der Waals surface area contributed by atoms with E-state index in [1.165, 1.54) is 12.8 Å². The molecule has 5 heteroatoms. The molecule has 2 rings (SSSR count). The number of carbonyl (C=O) groups is 1. The van der Waals surface area contributed by atoms with Crippen LogP contribution >= 0.6 is 0 Å². The highest BCUT2D eigenvalue weighted by atomic mass is 16.5. The van der Waals surface area contributed by atoms with Crippen LogP contribution in [0, 0.1) is 0 Å². The maximum absolute atomic E-state index is 12.0. The van der Waals surface area contributed by atoms with Crippen molar-refractivity contribution in [2.24, 2.45) is 0 Å². The minimum atomic E-state index is 0.0564. The number of rotatable bonds is 8. The lowest BCUT2D eigenvalue weighted by Crippen LogP contribution is -2.39. The summed E-state index contributed by atoms with van der Waals surface area (Å²) in [6.07, 6.45) is 4.23. The molecular weight excluding hydrogens is 220 g/mol. The Hall–Kier alpha value is -0.650. The summed E-state index contributed by atoms with van der Waals surface area (Å²) in [5, 5.41) is 11.9. The topological polar surface area (TPSA) is 61.8 Å². The third-order valence-corrected chi connectivity index (χ3v) is 3.26. The van der Waals surface area contributed by atoms with Crippen molar-refractivity contribution in [3.05, 3.63) is 0 Å². The molecule has 1 heterocycles. The summed E-state index contributed by atoms with van der Waals surface area (Å²) in [4.78, 5) is 13.9. The number of aliphatic hydroxyl groups excluding tert-OH is 1. The Morgan fingerprint density at radius 1 is 1.35 bits per heavy atom. The Balaban J connectivity index is 1.59. The number of nitrogens with one attached hydrogen (secondary N) is 1. The Morgan fingerprint density at radius 3 is 2.88 bits per heavy atom. The number of ether oxygens (including phenoxy) is 1. The predicted octanol–water partition coefficient (Wildman–Crippen LogP) is -0.262. The summed E-state index contributed by atoms with van der Waals surface area (Å²) in [6.45, 7) is 2.71. The first kappa shape index (κ1) is 12.8. The second-order valence-corrected chi connectivity index (χ2v) is 4.80. The van der Waals surface area contributed by atoms with Crippen LogP contribution in [-0.4, -0.2) is 60.9 Å². The van der Waals surface area contributed by atoms with Crippen LogP contribution in [0.25, 0.3) is 0 Å². The zero-order chi connectivity index (χ0) is 12.1. The van der Waals surface area contributed by atoms with Gasteiger partial charge in [-0.2, -0.15) is 0 Å². The lowest BCUT2D eigenvalue weighted by Gasteiger charge is -2.17. The van der Waals surface area contributed by atoms with Crippen LogP contribution in [0.15, 0.2) is 0 Å². The van der Waals surface area contributed by atoms with Gasteiger partial charge in [-0.15, -0.1) is 0 Å². The van der Waals surface area contributed by atoms with Crippen LogP contribution in [0.4, 0.5) is 0 Å². The van der Waals surface area contributed by atoms with Crippen molar-refractivity contribution < 1.29 is 14.6 Å². The first-order valence-corrected chi connectivity index (χ1v) is 6.54. The fourth-order valence-electron chi connectivity index (χ4n) is 2.17. The summed E-state index contributed by atoms with van der Waals surface area (Å²) >= 11 is 0. The normalized spacial score (nSPS) is 24.6. The number of hydrogen-bond donors (Lipinski definition) is 2. The minimum absolute atomic E-state index is 0.0564. The molecule has 98 valence electrons. The number of likely N-dealkylation sites (tertiary alicyclic amines) is 1. The molecule has 1 aliphatic carbocycles. The van der Waals surface area contributed by atoms with E-state index in [1.54, 1.807) is 0 Å². The lowest BCUT2D eigenvalue weighted by atomic mass is 10.2. The summed E-state index contributed by atoms with van der Waals surface area (Å²) < 4.78 is 5.18. The Kier molecular flexibility index (Phi) is 4.76. The van der Waals surface area contributed by atoms with Gasteiger partial charge in [-0.25, -0.2) is 0 Å². The van der Waals surface area contributed by atoms with Gasteiger partial charge in [-0.3, -0.25) is 4.79 Å². The number of nitrogens with zero attached hydrogens (tertiary/aromatic N) is 1. The van der Waals surface area contributed by atoms with Gasteiger partial charge in [0.25, 0.3) is 0 Å². The molecule has 1 aliphatic heterocycles. The van der Waals surface area contributed by atoms with Crippen molar-refractivity contribution in [3.8, 4) is 0 Å². The van der Waals surface area contributed by atoms with Gasteiger partial charge in [-0.05, 0) is 25.7 Å². The third-order valence-electron chi connectivity index (χ3n) is 3.26. The highest BCUT2D eigenvalue weighted by Crippen LogP contribution is 2.22.